The summed E-state index contributed by atoms with van der Waals surface area (Å²) in [5, 5.41) is 0.470. The fraction of sp³-hybridized carbons (Fsp3) is 0.400. The van der Waals surface area contributed by atoms with Crippen LogP contribution in [-0.4, -0.2) is 17.4 Å². The van der Waals surface area contributed by atoms with E-state index in [9.17, 15) is 4.79 Å². The Hall–Kier alpha value is -1.09. The van der Waals surface area contributed by atoms with Gasteiger partial charge in [0.15, 0.2) is 0 Å². The number of hydrogen-bond donors (Lipinski definition) is 0. The second kappa shape index (κ2) is 3.58. The summed E-state index contributed by atoms with van der Waals surface area (Å²) in [6.07, 6.45) is 3.24. The van der Waals surface area contributed by atoms with Crippen molar-refractivity contribution in [2.45, 2.75) is 19.8 Å². The Labute approximate surface area is 87.7 Å². The molecule has 3 nitrogen and oxygen atoms in total. The molecule has 1 amide bonds. The molecule has 0 atom stereocenters. The molecule has 1 aromatic heterocycles. The normalized spacial score (nSPS) is 16.4. The molecule has 14 heavy (non-hydrogen) atoms. The predicted octanol–water partition coefficient (Wildman–Crippen LogP) is 2.17. The first-order valence-electron chi connectivity index (χ1n) is 4.61. The number of halogens is 1. The van der Waals surface area contributed by atoms with Crippen molar-refractivity contribution in [2.75, 3.05) is 11.4 Å². The van der Waals surface area contributed by atoms with Gasteiger partial charge < -0.3 is 4.90 Å². The molecule has 1 aliphatic rings. The highest BCUT2D eigenvalue weighted by Crippen LogP contribution is 2.25. The first kappa shape index (κ1) is 9.46. The van der Waals surface area contributed by atoms with Gasteiger partial charge in [-0.05, 0) is 25.0 Å². The van der Waals surface area contributed by atoms with Crippen LogP contribution < -0.4 is 4.90 Å². The van der Waals surface area contributed by atoms with Crippen LogP contribution in [0.2, 0.25) is 5.15 Å². The SMILES string of the molecule is Cc1cc(Cl)ncc1N1CCCC1=O. The lowest BCUT2D eigenvalue weighted by Gasteiger charge is -2.17. The van der Waals surface area contributed by atoms with E-state index in [1.807, 2.05) is 6.92 Å². The van der Waals surface area contributed by atoms with Crippen molar-refractivity contribution in [3.8, 4) is 0 Å². The van der Waals surface area contributed by atoms with Gasteiger partial charge in [0.1, 0.15) is 5.15 Å². The topological polar surface area (TPSA) is 33.2 Å². The van der Waals surface area contributed by atoms with Crippen LogP contribution >= 0.6 is 11.6 Å². The molecule has 2 heterocycles. The Morgan fingerprint density at radius 3 is 2.93 bits per heavy atom. The Bertz CT molecular complexity index is 378. The number of rotatable bonds is 1. The first-order valence-corrected chi connectivity index (χ1v) is 4.99. The van der Waals surface area contributed by atoms with Gasteiger partial charge in [-0.3, -0.25) is 4.79 Å². The zero-order chi connectivity index (χ0) is 10.1. The minimum absolute atomic E-state index is 0.178. The summed E-state index contributed by atoms with van der Waals surface area (Å²) in [6.45, 7) is 2.73. The Kier molecular flexibility index (Phi) is 2.42. The van der Waals surface area contributed by atoms with Crippen LogP contribution in [-0.2, 0) is 4.79 Å². The number of nitrogens with zero attached hydrogens (tertiary/aromatic N) is 2. The molecule has 2 rings (SSSR count). The molecule has 0 aliphatic carbocycles. The van der Waals surface area contributed by atoms with E-state index in [-0.39, 0.29) is 5.91 Å². The Balaban J connectivity index is 2.36. The smallest absolute Gasteiger partial charge is 0.227 e. The van der Waals surface area contributed by atoms with Crippen LogP contribution in [0.1, 0.15) is 18.4 Å². The van der Waals surface area contributed by atoms with Gasteiger partial charge in [0.25, 0.3) is 0 Å². The van der Waals surface area contributed by atoms with Gasteiger partial charge in [-0.15, -0.1) is 0 Å². The van der Waals surface area contributed by atoms with Crippen molar-refractivity contribution in [3.05, 3.63) is 23.0 Å². The van der Waals surface area contributed by atoms with Crippen molar-refractivity contribution < 1.29 is 4.79 Å². The molecule has 0 saturated carbocycles. The molecule has 1 aliphatic heterocycles. The van der Waals surface area contributed by atoms with Crippen molar-refractivity contribution >= 4 is 23.2 Å². The van der Waals surface area contributed by atoms with Crippen LogP contribution in [0, 0.1) is 6.92 Å². The molecule has 74 valence electrons. The standard InChI is InChI=1S/C10H11ClN2O/c1-7-5-9(11)12-6-8(7)13-4-2-3-10(13)14/h5-6H,2-4H2,1H3. The number of aromatic nitrogens is 1. The van der Waals surface area contributed by atoms with Crippen molar-refractivity contribution in [1.82, 2.24) is 4.98 Å². The molecular weight excluding hydrogens is 200 g/mol. The fourth-order valence-corrected chi connectivity index (χ4v) is 1.91. The lowest BCUT2D eigenvalue weighted by Crippen LogP contribution is -2.24. The molecule has 0 bridgehead atoms. The van der Waals surface area contributed by atoms with Gasteiger partial charge in [0, 0.05) is 13.0 Å². The molecule has 1 aromatic rings. The largest absolute Gasteiger partial charge is 0.311 e. The zero-order valence-corrected chi connectivity index (χ0v) is 8.71. The van der Waals surface area contributed by atoms with E-state index >= 15 is 0 Å². The molecule has 4 heteroatoms. The molecule has 0 spiro atoms. The summed E-state index contributed by atoms with van der Waals surface area (Å²) in [4.78, 5) is 17.2. The van der Waals surface area contributed by atoms with Gasteiger partial charge in [-0.1, -0.05) is 11.6 Å². The lowest BCUT2D eigenvalue weighted by molar-refractivity contribution is -0.117. The first-order chi connectivity index (χ1) is 6.68. The van der Waals surface area contributed by atoms with Crippen molar-refractivity contribution in [1.29, 1.82) is 0 Å². The van der Waals surface area contributed by atoms with Gasteiger partial charge >= 0.3 is 0 Å². The van der Waals surface area contributed by atoms with Crippen molar-refractivity contribution in [3.63, 3.8) is 0 Å². The molecule has 0 N–H and O–H groups in total. The number of carbonyl (C=O) groups excluding carboxylic acids is 1. The quantitative estimate of drug-likeness (QED) is 0.666. The lowest BCUT2D eigenvalue weighted by atomic mass is 10.2. The molecule has 0 radical (unpaired) electrons. The van der Waals surface area contributed by atoms with Crippen molar-refractivity contribution in [2.24, 2.45) is 0 Å². The Morgan fingerprint density at radius 2 is 2.36 bits per heavy atom. The van der Waals surface area contributed by atoms with Gasteiger partial charge in [0.2, 0.25) is 5.91 Å². The third-order valence-electron chi connectivity index (χ3n) is 2.41. The van der Waals surface area contributed by atoms with Gasteiger partial charge in [0.05, 0.1) is 11.9 Å². The number of carbonyl (C=O) groups is 1. The van der Waals surface area contributed by atoms with E-state index in [4.69, 9.17) is 11.6 Å². The summed E-state index contributed by atoms with van der Waals surface area (Å²) in [7, 11) is 0. The number of hydrogen-bond acceptors (Lipinski definition) is 2. The summed E-state index contributed by atoms with van der Waals surface area (Å²) in [5.41, 5.74) is 1.89. The molecular formula is C10H11ClN2O. The maximum absolute atomic E-state index is 11.5. The highest BCUT2D eigenvalue weighted by atomic mass is 35.5. The average Bonchev–Trinajstić information content (AvgIpc) is 2.52. The fourth-order valence-electron chi connectivity index (χ4n) is 1.70. The summed E-state index contributed by atoms with van der Waals surface area (Å²) in [5.74, 6) is 0.178. The monoisotopic (exact) mass is 210 g/mol. The van der Waals surface area contributed by atoms with Crippen LogP contribution in [0.25, 0.3) is 0 Å². The molecule has 0 unspecified atom stereocenters. The summed E-state index contributed by atoms with van der Waals surface area (Å²) >= 11 is 5.75. The predicted molar refractivity (Wildman–Crippen MR) is 55.6 cm³/mol. The minimum atomic E-state index is 0.178. The number of amides is 1. The van der Waals surface area contributed by atoms with Crippen LogP contribution in [0.5, 0.6) is 0 Å². The zero-order valence-electron chi connectivity index (χ0n) is 7.96. The van der Waals surface area contributed by atoms with E-state index in [0.29, 0.717) is 11.6 Å². The van der Waals surface area contributed by atoms with E-state index < -0.39 is 0 Å². The van der Waals surface area contributed by atoms with Crippen LogP contribution in [0.3, 0.4) is 0 Å². The van der Waals surface area contributed by atoms with E-state index in [0.717, 1.165) is 24.2 Å². The third-order valence-corrected chi connectivity index (χ3v) is 2.62. The maximum Gasteiger partial charge on any atom is 0.227 e. The highest BCUT2D eigenvalue weighted by molar-refractivity contribution is 6.29. The maximum atomic E-state index is 11.5. The van der Waals surface area contributed by atoms with E-state index in [1.165, 1.54) is 0 Å². The van der Waals surface area contributed by atoms with Gasteiger partial charge in [-0.25, -0.2) is 4.98 Å². The molecule has 1 saturated heterocycles. The second-order valence-corrected chi connectivity index (χ2v) is 3.83. The third kappa shape index (κ3) is 1.60. The highest BCUT2D eigenvalue weighted by Gasteiger charge is 2.23. The molecule has 0 aromatic carbocycles. The minimum Gasteiger partial charge on any atom is -0.311 e. The number of anilines is 1. The van der Waals surface area contributed by atoms with E-state index in [2.05, 4.69) is 4.98 Å². The summed E-state index contributed by atoms with van der Waals surface area (Å²) < 4.78 is 0. The Morgan fingerprint density at radius 1 is 1.57 bits per heavy atom. The average molecular weight is 211 g/mol. The van der Waals surface area contributed by atoms with Crippen LogP contribution in [0.4, 0.5) is 5.69 Å². The van der Waals surface area contributed by atoms with Crippen LogP contribution in [0.15, 0.2) is 12.3 Å². The number of aryl methyl sites for hydroxylation is 1. The van der Waals surface area contributed by atoms with E-state index in [1.54, 1.807) is 17.2 Å². The summed E-state index contributed by atoms with van der Waals surface area (Å²) in [6, 6.07) is 1.78. The molecule has 1 fully saturated rings. The van der Waals surface area contributed by atoms with Gasteiger partial charge in [-0.2, -0.15) is 0 Å². The number of pyridine rings is 1. The second-order valence-electron chi connectivity index (χ2n) is 3.44.